The molecule has 0 atom stereocenters. The van der Waals surface area contributed by atoms with Crippen LogP contribution < -0.4 is 15.3 Å². The number of furan rings is 1. The van der Waals surface area contributed by atoms with Gasteiger partial charge in [0.2, 0.25) is 0 Å². The van der Waals surface area contributed by atoms with Crippen LogP contribution >= 0.6 is 0 Å². The number of hydrogen-bond acceptors (Lipinski definition) is 3. The van der Waals surface area contributed by atoms with Gasteiger partial charge < -0.3 is 13.9 Å². The highest BCUT2D eigenvalue weighted by Gasteiger charge is 2.22. The molecule has 4 heterocycles. The molecule has 0 spiro atoms. The number of rotatable bonds is 3. The first-order valence-corrected chi connectivity index (χ1v) is 18.0. The molecule has 1 aliphatic heterocycles. The van der Waals surface area contributed by atoms with E-state index in [0.29, 0.717) is 0 Å². The highest BCUT2D eigenvalue weighted by molar-refractivity contribution is 6.87. The van der Waals surface area contributed by atoms with E-state index in [2.05, 4.69) is 168 Å². The Balaban J connectivity index is 1.12. The predicted octanol–water partition coefficient (Wildman–Crippen LogP) is 9.77. The molecule has 1 aliphatic rings. The number of anilines is 3. The zero-order valence-corrected chi connectivity index (χ0v) is 26.7. The Bertz CT molecular complexity index is 2590. The normalized spacial score (nSPS) is 12.7. The number of hydrogen-bond donors (Lipinski definition) is 0. The summed E-state index contributed by atoms with van der Waals surface area (Å²) in [6, 6.07) is 54.1. The van der Waals surface area contributed by atoms with Gasteiger partial charge in [-0.2, -0.15) is 16.9 Å². The number of aromatic nitrogens is 2. The largest absolute Gasteiger partial charge is 0.456 e. The zero-order chi connectivity index (χ0) is 31.1. The third kappa shape index (κ3) is 3.90. The third-order valence-electron chi connectivity index (χ3n) is 9.65. The molecule has 9 aromatic rings. The van der Waals surface area contributed by atoms with Gasteiger partial charge in [-0.3, -0.25) is 0 Å². The van der Waals surface area contributed by atoms with E-state index in [4.69, 9.17) is 9.40 Å². The van der Waals surface area contributed by atoms with Crippen LogP contribution in [0.15, 0.2) is 156 Å². The fourth-order valence-corrected chi connectivity index (χ4v) is 9.61. The van der Waals surface area contributed by atoms with E-state index in [9.17, 15) is 0 Å². The van der Waals surface area contributed by atoms with Crippen molar-refractivity contribution in [3.8, 4) is 16.9 Å². The van der Waals surface area contributed by atoms with Crippen LogP contribution in [0.1, 0.15) is 0 Å². The van der Waals surface area contributed by atoms with Gasteiger partial charge in [0, 0.05) is 44.2 Å². The Kier molecular flexibility index (Phi) is 5.62. The number of benzene rings is 6. The topological polar surface area (TPSA) is 34.2 Å². The molecule has 0 saturated carbocycles. The Hall–Kier alpha value is -5.91. The SMILES string of the molecule is C[Si-]1c2ccccc2N(c2cccc(-c3ccc4oc5ccc(-n6c7ccccc7c7ccccc76)cc5c4c3)n2)c2ccccc21. The maximum atomic E-state index is 6.36. The van der Waals surface area contributed by atoms with Gasteiger partial charge in [0.1, 0.15) is 17.0 Å². The number of nitrogens with zero attached hydrogens (tertiary/aromatic N) is 3. The number of para-hydroxylation sites is 4. The van der Waals surface area contributed by atoms with Crippen molar-refractivity contribution in [2.45, 2.75) is 6.55 Å². The predicted molar refractivity (Wildman–Crippen MR) is 197 cm³/mol. The van der Waals surface area contributed by atoms with E-state index in [1.807, 2.05) is 0 Å². The highest BCUT2D eigenvalue weighted by Crippen LogP contribution is 2.38. The van der Waals surface area contributed by atoms with Gasteiger partial charge in [-0.25, -0.2) is 13.8 Å². The van der Waals surface area contributed by atoms with E-state index in [1.165, 1.54) is 43.6 Å². The molecule has 0 N–H and O–H groups in total. The van der Waals surface area contributed by atoms with Crippen LogP contribution in [0.5, 0.6) is 0 Å². The summed E-state index contributed by atoms with van der Waals surface area (Å²) < 4.78 is 8.72. The van der Waals surface area contributed by atoms with Gasteiger partial charge in [0.15, 0.2) is 0 Å². The maximum absolute atomic E-state index is 6.36. The van der Waals surface area contributed by atoms with Crippen LogP contribution in [0.4, 0.5) is 17.2 Å². The summed E-state index contributed by atoms with van der Waals surface area (Å²) in [7, 11) is -0.872. The average Bonchev–Trinajstić information content (AvgIpc) is 3.67. The molecule has 0 radical (unpaired) electrons. The van der Waals surface area contributed by atoms with E-state index in [0.717, 1.165) is 44.7 Å². The van der Waals surface area contributed by atoms with Crippen molar-refractivity contribution >= 4 is 80.1 Å². The lowest BCUT2D eigenvalue weighted by molar-refractivity contribution is 0.669. The van der Waals surface area contributed by atoms with E-state index >= 15 is 0 Å². The molecule has 6 aromatic carbocycles. The van der Waals surface area contributed by atoms with Crippen molar-refractivity contribution in [2.24, 2.45) is 0 Å². The second-order valence-electron chi connectivity index (χ2n) is 12.2. The van der Waals surface area contributed by atoms with Gasteiger partial charge in [-0.15, -0.1) is 0 Å². The zero-order valence-electron chi connectivity index (χ0n) is 25.7. The van der Waals surface area contributed by atoms with Crippen LogP contribution in [0.3, 0.4) is 0 Å². The molecule has 0 bridgehead atoms. The summed E-state index contributed by atoms with van der Waals surface area (Å²) in [5.74, 6) is 0.919. The molecule has 0 unspecified atom stereocenters. The molecular formula is C42H28N3OSi-. The summed E-state index contributed by atoms with van der Waals surface area (Å²) in [6.07, 6.45) is 0. The van der Waals surface area contributed by atoms with Crippen LogP contribution in [-0.2, 0) is 0 Å². The monoisotopic (exact) mass is 618 g/mol. The van der Waals surface area contributed by atoms with Gasteiger partial charge in [0.05, 0.1) is 16.7 Å². The quantitative estimate of drug-likeness (QED) is 0.185. The van der Waals surface area contributed by atoms with Crippen molar-refractivity contribution in [3.05, 3.63) is 152 Å². The van der Waals surface area contributed by atoms with Gasteiger partial charge in [0.25, 0.3) is 0 Å². The van der Waals surface area contributed by atoms with Gasteiger partial charge >= 0.3 is 0 Å². The van der Waals surface area contributed by atoms with Crippen molar-refractivity contribution in [1.29, 1.82) is 0 Å². The molecule has 0 saturated heterocycles. The lowest BCUT2D eigenvalue weighted by atomic mass is 10.1. The summed E-state index contributed by atoms with van der Waals surface area (Å²) in [6.45, 7) is 2.39. The van der Waals surface area contributed by atoms with E-state index < -0.39 is 8.80 Å². The van der Waals surface area contributed by atoms with Crippen LogP contribution in [-0.4, -0.2) is 18.3 Å². The van der Waals surface area contributed by atoms with Crippen LogP contribution in [0.25, 0.3) is 60.7 Å². The van der Waals surface area contributed by atoms with E-state index in [-0.39, 0.29) is 0 Å². The number of fused-ring (bicyclic) bond motifs is 8. The Morgan fingerprint density at radius 2 is 1.13 bits per heavy atom. The van der Waals surface area contributed by atoms with Crippen molar-refractivity contribution in [2.75, 3.05) is 4.90 Å². The third-order valence-corrected chi connectivity index (χ3v) is 12.1. The Morgan fingerprint density at radius 3 is 1.83 bits per heavy atom. The average molecular weight is 619 g/mol. The molecule has 10 rings (SSSR count). The minimum absolute atomic E-state index is 0.871. The molecule has 0 amide bonds. The fourth-order valence-electron chi connectivity index (χ4n) is 7.47. The maximum Gasteiger partial charge on any atom is 0.138 e. The van der Waals surface area contributed by atoms with Crippen molar-refractivity contribution in [1.82, 2.24) is 9.55 Å². The second kappa shape index (κ2) is 10.0. The second-order valence-corrected chi connectivity index (χ2v) is 14.6. The minimum Gasteiger partial charge on any atom is -0.456 e. The molecule has 0 fully saturated rings. The molecular weight excluding hydrogens is 591 g/mol. The molecule has 3 aromatic heterocycles. The molecule has 5 heteroatoms. The van der Waals surface area contributed by atoms with Gasteiger partial charge in [-0.1, -0.05) is 78.9 Å². The number of pyridine rings is 1. The fraction of sp³-hybridized carbons (Fsp3) is 0.0238. The molecule has 47 heavy (non-hydrogen) atoms. The standard InChI is InChI=1S/C42H28N3OSi/c1-47-40-18-8-6-16-36(40)45(37-17-7-9-19-41(37)47)42-20-10-13-33(43-42)27-21-23-38-31(25-27)32-26-28(22-24-39(32)46-38)44-34-14-4-2-11-29(34)30-12-3-5-15-35(30)44/h2-26H,1H3/q-1. The summed E-state index contributed by atoms with van der Waals surface area (Å²) >= 11 is 0. The smallest absolute Gasteiger partial charge is 0.138 e. The Labute approximate surface area is 273 Å². The first-order chi connectivity index (χ1) is 23.2. The molecule has 0 aliphatic carbocycles. The summed E-state index contributed by atoms with van der Waals surface area (Å²) in [5.41, 5.74) is 9.69. The molecule has 4 nitrogen and oxygen atoms in total. The summed E-state index contributed by atoms with van der Waals surface area (Å²) in [4.78, 5) is 7.62. The Morgan fingerprint density at radius 1 is 0.532 bits per heavy atom. The minimum atomic E-state index is -0.872. The first-order valence-electron chi connectivity index (χ1n) is 16.0. The van der Waals surface area contributed by atoms with Gasteiger partial charge in [-0.05, 0) is 72.8 Å². The first kappa shape index (κ1) is 26.3. The lowest BCUT2D eigenvalue weighted by Crippen LogP contribution is -2.48. The van der Waals surface area contributed by atoms with E-state index in [1.54, 1.807) is 0 Å². The highest BCUT2D eigenvalue weighted by atomic mass is 28.3. The summed E-state index contributed by atoms with van der Waals surface area (Å²) in [5, 5.41) is 7.50. The van der Waals surface area contributed by atoms with Crippen LogP contribution in [0.2, 0.25) is 6.55 Å². The molecule has 222 valence electrons. The van der Waals surface area contributed by atoms with Crippen LogP contribution in [0, 0.1) is 0 Å². The van der Waals surface area contributed by atoms with Crippen molar-refractivity contribution < 1.29 is 4.42 Å². The lowest BCUT2D eigenvalue weighted by Gasteiger charge is -2.43. The van der Waals surface area contributed by atoms with Crippen molar-refractivity contribution in [3.63, 3.8) is 0 Å².